The van der Waals surface area contributed by atoms with Gasteiger partial charge >= 0.3 is 0 Å². The van der Waals surface area contributed by atoms with Crippen LogP contribution in [0, 0.1) is 6.92 Å². The van der Waals surface area contributed by atoms with Crippen molar-refractivity contribution in [3.63, 3.8) is 0 Å². The lowest BCUT2D eigenvalue weighted by atomic mass is 10.2. The molecule has 2 aromatic rings. The summed E-state index contributed by atoms with van der Waals surface area (Å²) in [5, 5.41) is 2.70. The molecule has 1 aromatic heterocycles. The first kappa shape index (κ1) is 18.0. The smallest absolute Gasteiger partial charge is 0.258 e. The van der Waals surface area contributed by atoms with Crippen LogP contribution in [0.4, 0.5) is 5.82 Å². The largest absolute Gasteiger partial charge is 0.307 e. The number of nitrogens with one attached hydrogen (secondary N) is 1. The molecule has 3 rings (SSSR count). The number of sulfonamides is 1. The van der Waals surface area contributed by atoms with Gasteiger partial charge in [0.25, 0.3) is 5.91 Å². The normalized spacial score (nSPS) is 15.3. The van der Waals surface area contributed by atoms with E-state index in [9.17, 15) is 13.2 Å². The molecular formula is C17H18BrN3O3S. The molecule has 0 radical (unpaired) electrons. The summed E-state index contributed by atoms with van der Waals surface area (Å²) in [6.45, 7) is 2.87. The number of rotatable bonds is 4. The molecule has 1 fully saturated rings. The predicted molar refractivity (Wildman–Crippen MR) is 99.1 cm³/mol. The Morgan fingerprint density at radius 1 is 1.20 bits per heavy atom. The number of aryl methyl sites for hydroxylation is 1. The topological polar surface area (TPSA) is 79.4 Å². The van der Waals surface area contributed by atoms with Crippen molar-refractivity contribution < 1.29 is 13.2 Å². The van der Waals surface area contributed by atoms with Crippen molar-refractivity contribution in [1.29, 1.82) is 0 Å². The van der Waals surface area contributed by atoms with Crippen LogP contribution in [-0.2, 0) is 10.0 Å². The molecule has 6 nitrogen and oxygen atoms in total. The minimum Gasteiger partial charge on any atom is -0.307 e. The highest BCUT2D eigenvalue weighted by atomic mass is 79.9. The maximum Gasteiger partial charge on any atom is 0.258 e. The number of nitrogens with zero attached hydrogens (tertiary/aromatic N) is 2. The average Bonchev–Trinajstić information content (AvgIpc) is 3.10. The van der Waals surface area contributed by atoms with Gasteiger partial charge in [-0.2, -0.15) is 4.31 Å². The zero-order valence-electron chi connectivity index (χ0n) is 13.7. The molecule has 0 unspecified atom stereocenters. The van der Waals surface area contributed by atoms with Crippen LogP contribution in [0.15, 0.2) is 45.8 Å². The summed E-state index contributed by atoms with van der Waals surface area (Å²) in [6, 6.07) is 9.81. The van der Waals surface area contributed by atoms with Crippen LogP contribution < -0.4 is 5.32 Å². The summed E-state index contributed by atoms with van der Waals surface area (Å²) in [5.41, 5.74) is 1.03. The molecule has 2 heterocycles. The third-order valence-electron chi connectivity index (χ3n) is 4.02. The van der Waals surface area contributed by atoms with E-state index in [1.54, 1.807) is 18.2 Å². The van der Waals surface area contributed by atoms with Crippen LogP contribution in [0.3, 0.4) is 0 Å². The molecule has 1 aliphatic rings. The van der Waals surface area contributed by atoms with Crippen LogP contribution >= 0.6 is 15.9 Å². The van der Waals surface area contributed by atoms with Crippen molar-refractivity contribution in [1.82, 2.24) is 9.29 Å². The highest BCUT2D eigenvalue weighted by molar-refractivity contribution is 9.10. The Labute approximate surface area is 155 Å². The number of benzene rings is 1. The summed E-state index contributed by atoms with van der Waals surface area (Å²) < 4.78 is 27.4. The fraction of sp³-hybridized carbons (Fsp3) is 0.294. The van der Waals surface area contributed by atoms with Crippen LogP contribution in [0.1, 0.15) is 28.9 Å². The second kappa shape index (κ2) is 7.23. The van der Waals surface area contributed by atoms with Crippen LogP contribution in [0.25, 0.3) is 0 Å². The average molecular weight is 424 g/mol. The van der Waals surface area contributed by atoms with Gasteiger partial charge in [0.15, 0.2) is 0 Å². The van der Waals surface area contributed by atoms with Gasteiger partial charge in [-0.05, 0) is 66.0 Å². The van der Waals surface area contributed by atoms with Crippen molar-refractivity contribution in [2.75, 3.05) is 18.4 Å². The number of amides is 1. The molecule has 132 valence electrons. The van der Waals surface area contributed by atoms with E-state index in [0.29, 0.717) is 23.4 Å². The zero-order chi connectivity index (χ0) is 18.0. The molecule has 8 heteroatoms. The molecule has 25 heavy (non-hydrogen) atoms. The first-order chi connectivity index (χ1) is 11.9. The van der Waals surface area contributed by atoms with Gasteiger partial charge in [0, 0.05) is 23.3 Å². The Kier molecular flexibility index (Phi) is 5.21. The monoisotopic (exact) mass is 423 g/mol. The number of hydrogen-bond acceptors (Lipinski definition) is 4. The Hall–Kier alpha value is -1.77. The lowest BCUT2D eigenvalue weighted by Gasteiger charge is -2.16. The molecular weight excluding hydrogens is 406 g/mol. The summed E-state index contributed by atoms with van der Waals surface area (Å²) in [7, 11) is -3.57. The van der Waals surface area contributed by atoms with E-state index in [-0.39, 0.29) is 10.5 Å². The van der Waals surface area contributed by atoms with E-state index in [2.05, 4.69) is 26.2 Å². The second-order valence-electron chi connectivity index (χ2n) is 5.87. The highest BCUT2D eigenvalue weighted by Gasteiger charge is 2.28. The maximum absolute atomic E-state index is 12.7. The summed E-state index contributed by atoms with van der Waals surface area (Å²) in [5.74, 6) is 0.00755. The van der Waals surface area contributed by atoms with E-state index in [1.807, 2.05) is 13.0 Å². The van der Waals surface area contributed by atoms with Gasteiger partial charge < -0.3 is 5.32 Å². The third kappa shape index (κ3) is 3.91. The van der Waals surface area contributed by atoms with Gasteiger partial charge in [-0.1, -0.05) is 6.07 Å². The molecule has 0 aliphatic carbocycles. The molecule has 1 aliphatic heterocycles. The lowest BCUT2D eigenvalue weighted by Crippen LogP contribution is -2.28. The van der Waals surface area contributed by atoms with E-state index in [4.69, 9.17) is 0 Å². The van der Waals surface area contributed by atoms with Crippen molar-refractivity contribution in [2.45, 2.75) is 24.7 Å². The minimum atomic E-state index is -3.57. The molecule has 0 spiro atoms. The summed E-state index contributed by atoms with van der Waals surface area (Å²) in [6.07, 6.45) is 1.73. The molecule has 0 saturated carbocycles. The van der Waals surface area contributed by atoms with Crippen molar-refractivity contribution in [2.24, 2.45) is 0 Å². The van der Waals surface area contributed by atoms with Crippen molar-refractivity contribution in [3.8, 4) is 0 Å². The minimum absolute atomic E-state index is 0.125. The molecule has 0 bridgehead atoms. The standard InChI is InChI=1S/C17H18BrN3O3S/c1-12-5-4-6-16(19-12)20-17(22)14-11-13(7-8-15(14)18)25(23,24)21-9-2-3-10-21/h4-8,11H,2-3,9-10H2,1H3,(H,19,20,22). The third-order valence-corrected chi connectivity index (χ3v) is 6.60. The first-order valence-electron chi connectivity index (χ1n) is 7.92. The number of aromatic nitrogens is 1. The maximum atomic E-state index is 12.7. The van der Waals surface area contributed by atoms with Gasteiger partial charge in [-0.25, -0.2) is 13.4 Å². The van der Waals surface area contributed by atoms with Crippen LogP contribution in [-0.4, -0.2) is 36.7 Å². The predicted octanol–water partition coefficient (Wildman–Crippen LogP) is 3.19. The number of pyridine rings is 1. The van der Waals surface area contributed by atoms with E-state index in [1.165, 1.54) is 16.4 Å². The number of hydrogen-bond donors (Lipinski definition) is 1. The van der Waals surface area contributed by atoms with E-state index >= 15 is 0 Å². The Morgan fingerprint density at radius 2 is 1.92 bits per heavy atom. The molecule has 1 aromatic carbocycles. The number of anilines is 1. The quantitative estimate of drug-likeness (QED) is 0.818. The zero-order valence-corrected chi connectivity index (χ0v) is 16.1. The first-order valence-corrected chi connectivity index (χ1v) is 10.2. The van der Waals surface area contributed by atoms with Gasteiger partial charge in [0.2, 0.25) is 10.0 Å². The van der Waals surface area contributed by atoms with Crippen molar-refractivity contribution in [3.05, 3.63) is 52.1 Å². The van der Waals surface area contributed by atoms with E-state index in [0.717, 1.165) is 18.5 Å². The fourth-order valence-electron chi connectivity index (χ4n) is 2.71. The SMILES string of the molecule is Cc1cccc(NC(=O)c2cc(S(=O)(=O)N3CCCC3)ccc2Br)n1. The Balaban J connectivity index is 1.90. The van der Waals surface area contributed by atoms with E-state index < -0.39 is 15.9 Å². The number of carbonyl (C=O) groups excluding carboxylic acids is 1. The molecule has 1 amide bonds. The highest BCUT2D eigenvalue weighted by Crippen LogP contribution is 2.26. The second-order valence-corrected chi connectivity index (χ2v) is 8.66. The summed E-state index contributed by atoms with van der Waals surface area (Å²) >= 11 is 3.32. The summed E-state index contributed by atoms with van der Waals surface area (Å²) in [4.78, 5) is 16.9. The fourth-order valence-corrected chi connectivity index (χ4v) is 4.68. The lowest BCUT2D eigenvalue weighted by molar-refractivity contribution is 0.102. The Morgan fingerprint density at radius 3 is 2.60 bits per heavy atom. The van der Waals surface area contributed by atoms with Gasteiger partial charge in [0.05, 0.1) is 10.5 Å². The Bertz CT molecular complexity index is 909. The number of carbonyl (C=O) groups is 1. The van der Waals surface area contributed by atoms with Crippen LogP contribution in [0.2, 0.25) is 0 Å². The van der Waals surface area contributed by atoms with Crippen molar-refractivity contribution >= 4 is 37.7 Å². The van der Waals surface area contributed by atoms with Gasteiger partial charge in [-0.3, -0.25) is 4.79 Å². The van der Waals surface area contributed by atoms with Crippen LogP contribution in [0.5, 0.6) is 0 Å². The molecule has 1 N–H and O–H groups in total. The molecule has 1 saturated heterocycles. The van der Waals surface area contributed by atoms with Gasteiger partial charge in [0.1, 0.15) is 5.82 Å². The van der Waals surface area contributed by atoms with Gasteiger partial charge in [-0.15, -0.1) is 0 Å². The number of halogens is 1. The molecule has 0 atom stereocenters.